The summed E-state index contributed by atoms with van der Waals surface area (Å²) in [5.74, 6) is -2.91. The fraction of sp³-hybridized carbons (Fsp3) is 0.250. The zero-order valence-corrected chi connectivity index (χ0v) is 9.11. The van der Waals surface area contributed by atoms with Crippen molar-refractivity contribution in [2.75, 3.05) is 0 Å². The number of Topliss-reactive ketones (excluding diaryl/α,β-unsaturated/α-hetero) is 2. The van der Waals surface area contributed by atoms with Gasteiger partial charge in [-0.25, -0.2) is 0 Å². The Bertz CT molecular complexity index is 460. The molecule has 1 aromatic rings. The normalized spacial score (nSPS) is 9.88. The van der Waals surface area contributed by atoms with Gasteiger partial charge in [-0.05, 0) is 25.5 Å². The molecule has 0 unspecified atom stereocenters. The first-order valence-electron chi connectivity index (χ1n) is 4.78. The van der Waals surface area contributed by atoms with Crippen molar-refractivity contribution in [3.05, 3.63) is 34.9 Å². The third-order valence-corrected chi connectivity index (χ3v) is 2.20. The summed E-state index contributed by atoms with van der Waals surface area (Å²) in [6.07, 6.45) is -0.758. The minimum Gasteiger partial charge on any atom is -0.481 e. The highest BCUT2D eigenvalue weighted by Crippen LogP contribution is 2.12. The second-order valence-electron chi connectivity index (χ2n) is 3.64. The Hall–Kier alpha value is -1.97. The molecule has 0 saturated heterocycles. The van der Waals surface area contributed by atoms with Crippen LogP contribution in [0.4, 0.5) is 0 Å². The van der Waals surface area contributed by atoms with Gasteiger partial charge < -0.3 is 5.11 Å². The zero-order valence-electron chi connectivity index (χ0n) is 9.11. The maximum absolute atomic E-state index is 11.6. The number of carbonyl (C=O) groups is 3. The second-order valence-corrected chi connectivity index (χ2v) is 3.64. The summed E-state index contributed by atoms with van der Waals surface area (Å²) in [5, 5.41) is 8.43. The van der Waals surface area contributed by atoms with Crippen LogP contribution in [-0.4, -0.2) is 22.6 Å². The van der Waals surface area contributed by atoms with E-state index in [1.807, 2.05) is 6.07 Å². The molecule has 0 aliphatic carbocycles. The first-order valence-corrected chi connectivity index (χ1v) is 4.78. The lowest BCUT2D eigenvalue weighted by Gasteiger charge is -2.04. The van der Waals surface area contributed by atoms with Crippen LogP contribution in [0.25, 0.3) is 0 Å². The predicted octanol–water partition coefficient (Wildman–Crippen LogP) is 1.53. The van der Waals surface area contributed by atoms with Gasteiger partial charge in [0.2, 0.25) is 11.6 Å². The van der Waals surface area contributed by atoms with E-state index >= 15 is 0 Å². The van der Waals surface area contributed by atoms with Crippen molar-refractivity contribution in [3.63, 3.8) is 0 Å². The summed E-state index contributed by atoms with van der Waals surface area (Å²) in [7, 11) is 0. The number of carbonyl (C=O) groups excluding carboxylic acids is 2. The lowest BCUT2D eigenvalue weighted by Crippen LogP contribution is -2.18. The van der Waals surface area contributed by atoms with Crippen molar-refractivity contribution in [1.29, 1.82) is 0 Å². The van der Waals surface area contributed by atoms with E-state index in [9.17, 15) is 14.4 Å². The average Bonchev–Trinajstić information content (AvgIpc) is 2.19. The molecule has 0 heterocycles. The van der Waals surface area contributed by atoms with Crippen LogP contribution in [0, 0.1) is 13.8 Å². The molecular weight excluding hydrogens is 208 g/mol. The molecule has 0 spiro atoms. The maximum Gasteiger partial charge on any atom is 0.311 e. The molecule has 0 aromatic heterocycles. The van der Waals surface area contributed by atoms with E-state index in [-0.39, 0.29) is 5.56 Å². The summed E-state index contributed by atoms with van der Waals surface area (Å²) in [4.78, 5) is 33.3. The zero-order chi connectivity index (χ0) is 12.3. The molecule has 84 valence electrons. The molecule has 0 fully saturated rings. The van der Waals surface area contributed by atoms with Gasteiger partial charge >= 0.3 is 5.97 Å². The number of aryl methyl sites for hydroxylation is 2. The molecule has 1 rings (SSSR count). The highest BCUT2D eigenvalue weighted by Gasteiger charge is 2.20. The van der Waals surface area contributed by atoms with Crippen molar-refractivity contribution >= 4 is 17.5 Å². The van der Waals surface area contributed by atoms with Gasteiger partial charge in [0.05, 0.1) is 0 Å². The number of hydrogen-bond donors (Lipinski definition) is 1. The Balaban J connectivity index is 3.00. The average molecular weight is 220 g/mol. The molecule has 0 aliphatic rings. The topological polar surface area (TPSA) is 71.4 Å². The molecule has 16 heavy (non-hydrogen) atoms. The number of rotatable bonds is 4. The van der Waals surface area contributed by atoms with E-state index in [1.54, 1.807) is 26.0 Å². The minimum absolute atomic E-state index is 0.284. The summed E-state index contributed by atoms with van der Waals surface area (Å²) < 4.78 is 0. The fourth-order valence-electron chi connectivity index (χ4n) is 1.35. The molecule has 1 N–H and O–H groups in total. The van der Waals surface area contributed by atoms with E-state index < -0.39 is 24.0 Å². The highest BCUT2D eigenvalue weighted by atomic mass is 16.4. The van der Waals surface area contributed by atoms with Crippen LogP contribution in [0.5, 0.6) is 0 Å². The largest absolute Gasteiger partial charge is 0.481 e. The van der Waals surface area contributed by atoms with Gasteiger partial charge in [-0.1, -0.05) is 17.7 Å². The van der Waals surface area contributed by atoms with Crippen LogP contribution >= 0.6 is 0 Å². The lowest BCUT2D eigenvalue weighted by molar-refractivity contribution is -0.139. The fourth-order valence-corrected chi connectivity index (χ4v) is 1.35. The summed E-state index contributed by atoms with van der Waals surface area (Å²) in [6.45, 7) is 3.51. The number of carboxylic acid groups (broad SMARTS) is 1. The molecule has 0 radical (unpaired) electrons. The van der Waals surface area contributed by atoms with Crippen LogP contribution in [0.2, 0.25) is 0 Å². The molecule has 0 atom stereocenters. The van der Waals surface area contributed by atoms with E-state index in [0.717, 1.165) is 5.56 Å². The molecular formula is C12H12O4. The second kappa shape index (κ2) is 4.70. The van der Waals surface area contributed by atoms with Crippen LogP contribution < -0.4 is 0 Å². The highest BCUT2D eigenvalue weighted by molar-refractivity contribution is 6.46. The SMILES string of the molecule is Cc1ccc(C)c(C(=O)C(=O)CC(=O)O)c1. The van der Waals surface area contributed by atoms with Gasteiger partial charge in [-0.3, -0.25) is 14.4 Å². The molecule has 4 nitrogen and oxygen atoms in total. The van der Waals surface area contributed by atoms with Crippen molar-refractivity contribution in [3.8, 4) is 0 Å². The van der Waals surface area contributed by atoms with Crippen molar-refractivity contribution in [2.24, 2.45) is 0 Å². The van der Waals surface area contributed by atoms with Gasteiger partial charge in [-0.15, -0.1) is 0 Å². The summed E-state index contributed by atoms with van der Waals surface area (Å²) >= 11 is 0. The molecule has 0 amide bonds. The van der Waals surface area contributed by atoms with Gasteiger partial charge in [0, 0.05) is 5.56 Å². The minimum atomic E-state index is -1.29. The van der Waals surface area contributed by atoms with Crippen LogP contribution in [0.3, 0.4) is 0 Å². The lowest BCUT2D eigenvalue weighted by atomic mass is 9.98. The van der Waals surface area contributed by atoms with Crippen LogP contribution in [-0.2, 0) is 9.59 Å². The number of hydrogen-bond acceptors (Lipinski definition) is 3. The van der Waals surface area contributed by atoms with E-state index in [2.05, 4.69) is 0 Å². The quantitative estimate of drug-likeness (QED) is 0.474. The number of benzene rings is 1. The van der Waals surface area contributed by atoms with Crippen LogP contribution in [0.1, 0.15) is 27.9 Å². The summed E-state index contributed by atoms with van der Waals surface area (Å²) in [6, 6.07) is 5.15. The monoisotopic (exact) mass is 220 g/mol. The third kappa shape index (κ3) is 2.76. The molecule has 0 aliphatic heterocycles. The van der Waals surface area contributed by atoms with Crippen molar-refractivity contribution in [1.82, 2.24) is 0 Å². The maximum atomic E-state index is 11.6. The van der Waals surface area contributed by atoms with E-state index in [1.165, 1.54) is 0 Å². The molecule has 4 heteroatoms. The van der Waals surface area contributed by atoms with Gasteiger partial charge in [0.15, 0.2) is 0 Å². The van der Waals surface area contributed by atoms with E-state index in [4.69, 9.17) is 5.11 Å². The summed E-state index contributed by atoms with van der Waals surface area (Å²) in [5.41, 5.74) is 1.82. The Kier molecular flexibility index (Phi) is 3.55. The Morgan fingerprint density at radius 1 is 1.19 bits per heavy atom. The number of ketones is 2. The van der Waals surface area contributed by atoms with Gasteiger partial charge in [-0.2, -0.15) is 0 Å². The van der Waals surface area contributed by atoms with Crippen molar-refractivity contribution < 1.29 is 19.5 Å². The predicted molar refractivity (Wildman–Crippen MR) is 57.5 cm³/mol. The van der Waals surface area contributed by atoms with Gasteiger partial charge in [0.25, 0.3) is 0 Å². The Morgan fingerprint density at radius 2 is 1.81 bits per heavy atom. The standard InChI is InChI=1S/C12H12O4/c1-7-3-4-8(2)9(5-7)12(16)10(13)6-11(14)15/h3-5H,6H2,1-2H3,(H,14,15). The van der Waals surface area contributed by atoms with Crippen molar-refractivity contribution in [2.45, 2.75) is 20.3 Å². The molecule has 0 saturated carbocycles. The molecule has 1 aromatic carbocycles. The van der Waals surface area contributed by atoms with E-state index in [0.29, 0.717) is 5.56 Å². The van der Waals surface area contributed by atoms with Crippen LogP contribution in [0.15, 0.2) is 18.2 Å². The first-order chi connectivity index (χ1) is 7.41. The first kappa shape index (κ1) is 12.1. The Labute approximate surface area is 92.9 Å². The molecule has 0 bridgehead atoms. The smallest absolute Gasteiger partial charge is 0.311 e. The number of carboxylic acids is 1. The third-order valence-electron chi connectivity index (χ3n) is 2.20. The number of aliphatic carboxylic acids is 1. The Morgan fingerprint density at radius 3 is 2.38 bits per heavy atom. The van der Waals surface area contributed by atoms with Gasteiger partial charge in [0.1, 0.15) is 6.42 Å².